The molecule has 0 fully saturated rings. The second-order valence-corrected chi connectivity index (χ2v) is 14.5. The van der Waals surface area contributed by atoms with Gasteiger partial charge in [-0.15, -0.1) is 0 Å². The van der Waals surface area contributed by atoms with Crippen molar-refractivity contribution < 1.29 is 8.83 Å². The van der Waals surface area contributed by atoms with Gasteiger partial charge in [-0.1, -0.05) is 158 Å². The first-order valence-corrected chi connectivity index (χ1v) is 19.3. The van der Waals surface area contributed by atoms with E-state index >= 15 is 0 Å². The van der Waals surface area contributed by atoms with Crippen molar-refractivity contribution in [1.29, 1.82) is 0 Å². The molecule has 0 N–H and O–H groups in total. The first kappa shape index (κ1) is 32.8. The van der Waals surface area contributed by atoms with Crippen molar-refractivity contribution in [2.75, 3.05) is 4.90 Å². The van der Waals surface area contributed by atoms with Crippen LogP contribution in [0.1, 0.15) is 0 Å². The number of para-hydroxylation sites is 3. The zero-order chi connectivity index (χ0) is 37.7. The highest BCUT2D eigenvalue weighted by molar-refractivity contribution is 6.19. The number of benzene rings is 9. The number of furan rings is 2. The zero-order valence-corrected chi connectivity index (χ0v) is 31.0. The van der Waals surface area contributed by atoms with Crippen LogP contribution in [-0.4, -0.2) is 0 Å². The van der Waals surface area contributed by atoms with Gasteiger partial charge in [-0.2, -0.15) is 0 Å². The van der Waals surface area contributed by atoms with Crippen molar-refractivity contribution in [1.82, 2.24) is 0 Å². The van der Waals surface area contributed by atoms with Crippen molar-refractivity contribution in [3.05, 3.63) is 212 Å². The van der Waals surface area contributed by atoms with Crippen LogP contribution in [0.25, 0.3) is 88.4 Å². The fraction of sp³-hybridized carbons (Fsp3) is 0. The van der Waals surface area contributed by atoms with E-state index in [4.69, 9.17) is 8.83 Å². The predicted molar refractivity (Wildman–Crippen MR) is 237 cm³/mol. The first-order chi connectivity index (χ1) is 28.3. The zero-order valence-electron chi connectivity index (χ0n) is 31.0. The molecule has 2 heterocycles. The summed E-state index contributed by atoms with van der Waals surface area (Å²) in [5, 5.41) is 4.37. The molecule has 0 radical (unpaired) electrons. The Balaban J connectivity index is 1.07. The van der Waals surface area contributed by atoms with Gasteiger partial charge in [-0.25, -0.2) is 0 Å². The summed E-state index contributed by atoms with van der Waals surface area (Å²) >= 11 is 0. The lowest BCUT2D eigenvalue weighted by Crippen LogP contribution is -2.10. The highest BCUT2D eigenvalue weighted by Crippen LogP contribution is 2.46. The van der Waals surface area contributed by atoms with E-state index in [1.54, 1.807) is 0 Å². The molecule has 3 heteroatoms. The largest absolute Gasteiger partial charge is 0.455 e. The Kier molecular flexibility index (Phi) is 7.82. The van der Waals surface area contributed by atoms with E-state index in [2.05, 4.69) is 199 Å². The topological polar surface area (TPSA) is 29.5 Å². The second kappa shape index (κ2) is 13.6. The van der Waals surface area contributed by atoms with Crippen LogP contribution in [0.15, 0.2) is 221 Å². The molecule has 11 rings (SSSR count). The molecule has 0 unspecified atom stereocenters. The summed E-state index contributed by atoms with van der Waals surface area (Å²) in [4.78, 5) is 2.33. The average molecular weight is 730 g/mol. The summed E-state index contributed by atoms with van der Waals surface area (Å²) in [5.74, 6) is 0. The smallest absolute Gasteiger partial charge is 0.143 e. The minimum atomic E-state index is 0.852. The molecule has 0 aliphatic rings. The number of nitrogens with zero attached hydrogens (tertiary/aromatic N) is 1. The summed E-state index contributed by atoms with van der Waals surface area (Å²) < 4.78 is 13.4. The Bertz CT molecular complexity index is 3130. The first-order valence-electron chi connectivity index (χ1n) is 19.3. The molecule has 0 spiro atoms. The van der Waals surface area contributed by atoms with Crippen LogP contribution in [0.2, 0.25) is 0 Å². The van der Waals surface area contributed by atoms with Crippen LogP contribution in [0.3, 0.4) is 0 Å². The van der Waals surface area contributed by atoms with E-state index in [9.17, 15) is 0 Å². The maximum absolute atomic E-state index is 6.81. The molecular weight excluding hydrogens is 695 g/mol. The summed E-state index contributed by atoms with van der Waals surface area (Å²) in [5.41, 5.74) is 15.6. The Morgan fingerprint density at radius 1 is 0.281 bits per heavy atom. The van der Waals surface area contributed by atoms with Crippen LogP contribution < -0.4 is 4.90 Å². The SMILES string of the molecule is c1ccc(-c2ccc(N(c3ccc(-c4ccccc4)cc3)c3cccc(-c4ccc(-c5cccc6c5oc5ccccc56)c5c4oc4ccccc45)c3)cc2)cc1. The highest BCUT2D eigenvalue weighted by Gasteiger charge is 2.21. The number of anilines is 3. The lowest BCUT2D eigenvalue weighted by molar-refractivity contribution is 0.669. The maximum atomic E-state index is 6.81. The number of hydrogen-bond acceptors (Lipinski definition) is 3. The maximum Gasteiger partial charge on any atom is 0.143 e. The molecule has 0 saturated heterocycles. The van der Waals surface area contributed by atoms with Gasteiger partial charge in [-0.3, -0.25) is 0 Å². The molecule has 57 heavy (non-hydrogen) atoms. The highest BCUT2D eigenvalue weighted by atomic mass is 16.3. The van der Waals surface area contributed by atoms with Gasteiger partial charge in [0.05, 0.1) is 0 Å². The molecule has 0 aliphatic heterocycles. The van der Waals surface area contributed by atoms with Gasteiger partial charge >= 0.3 is 0 Å². The molecule has 0 atom stereocenters. The van der Waals surface area contributed by atoms with Gasteiger partial charge in [-0.05, 0) is 88.0 Å². The van der Waals surface area contributed by atoms with E-state index < -0.39 is 0 Å². The number of hydrogen-bond donors (Lipinski definition) is 0. The average Bonchev–Trinajstić information content (AvgIpc) is 3.87. The number of rotatable bonds is 7. The van der Waals surface area contributed by atoms with Crippen molar-refractivity contribution in [2.45, 2.75) is 0 Å². The van der Waals surface area contributed by atoms with E-state index in [0.717, 1.165) is 83.2 Å². The molecule has 0 aliphatic carbocycles. The standard InChI is InChI=1S/C54H35NO2/c1-3-13-36(14-4-1)38-25-29-41(30-26-38)55(42-31-27-39(28-32-42)37-15-5-2-6-16-37)43-18-11-17-40(35-43)44-33-34-46(52-49-20-8-10-24-51(49)57-54(44)52)48-22-12-21-47-45-19-7-9-23-50(45)56-53(47)48/h1-35H. The van der Waals surface area contributed by atoms with Gasteiger partial charge in [0, 0.05) is 49.7 Å². The Morgan fingerprint density at radius 2 is 0.772 bits per heavy atom. The van der Waals surface area contributed by atoms with E-state index in [-0.39, 0.29) is 0 Å². The molecule has 268 valence electrons. The predicted octanol–water partition coefficient (Wildman–Crippen LogP) is 15.6. The monoisotopic (exact) mass is 729 g/mol. The summed E-state index contributed by atoms with van der Waals surface area (Å²) in [7, 11) is 0. The lowest BCUT2D eigenvalue weighted by atomic mass is 9.93. The lowest BCUT2D eigenvalue weighted by Gasteiger charge is -2.26. The third-order valence-electron chi connectivity index (χ3n) is 11.1. The van der Waals surface area contributed by atoms with Crippen LogP contribution >= 0.6 is 0 Å². The van der Waals surface area contributed by atoms with Crippen molar-refractivity contribution in [3.63, 3.8) is 0 Å². The van der Waals surface area contributed by atoms with Gasteiger partial charge in [0.25, 0.3) is 0 Å². The van der Waals surface area contributed by atoms with Crippen LogP contribution in [0, 0.1) is 0 Å². The summed E-state index contributed by atoms with van der Waals surface area (Å²) in [6.07, 6.45) is 0. The van der Waals surface area contributed by atoms with Gasteiger partial charge in [0.2, 0.25) is 0 Å². The molecule has 9 aromatic carbocycles. The van der Waals surface area contributed by atoms with Crippen LogP contribution in [0.4, 0.5) is 17.1 Å². The van der Waals surface area contributed by atoms with E-state index in [1.165, 1.54) is 22.3 Å². The Labute approximate surface area is 330 Å². The normalized spacial score (nSPS) is 11.5. The van der Waals surface area contributed by atoms with E-state index in [0.29, 0.717) is 0 Å². The fourth-order valence-electron chi connectivity index (χ4n) is 8.37. The quantitative estimate of drug-likeness (QED) is 0.164. The molecular formula is C54H35NO2. The molecule has 0 amide bonds. The second-order valence-electron chi connectivity index (χ2n) is 14.5. The molecule has 2 aromatic heterocycles. The summed E-state index contributed by atoms with van der Waals surface area (Å²) in [6, 6.07) is 75.0. The van der Waals surface area contributed by atoms with E-state index in [1.807, 2.05) is 18.2 Å². The van der Waals surface area contributed by atoms with Gasteiger partial charge < -0.3 is 13.7 Å². The fourth-order valence-corrected chi connectivity index (χ4v) is 8.37. The third-order valence-corrected chi connectivity index (χ3v) is 11.1. The summed E-state index contributed by atoms with van der Waals surface area (Å²) in [6.45, 7) is 0. The van der Waals surface area contributed by atoms with Crippen molar-refractivity contribution in [3.8, 4) is 44.5 Å². The molecule has 3 nitrogen and oxygen atoms in total. The van der Waals surface area contributed by atoms with Crippen LogP contribution in [-0.2, 0) is 0 Å². The minimum absolute atomic E-state index is 0.852. The molecule has 0 bridgehead atoms. The van der Waals surface area contributed by atoms with Gasteiger partial charge in [0.15, 0.2) is 0 Å². The molecule has 11 aromatic rings. The number of fused-ring (bicyclic) bond motifs is 6. The Hall–Kier alpha value is -7.62. The molecule has 0 saturated carbocycles. The Morgan fingerprint density at radius 3 is 1.44 bits per heavy atom. The third kappa shape index (κ3) is 5.68. The van der Waals surface area contributed by atoms with Gasteiger partial charge in [0.1, 0.15) is 22.3 Å². The van der Waals surface area contributed by atoms with Crippen LogP contribution in [0.5, 0.6) is 0 Å². The minimum Gasteiger partial charge on any atom is -0.455 e. The van der Waals surface area contributed by atoms with Crippen molar-refractivity contribution in [2.24, 2.45) is 0 Å². The van der Waals surface area contributed by atoms with Crippen molar-refractivity contribution >= 4 is 60.9 Å².